The molecule has 0 radical (unpaired) electrons. The van der Waals surface area contributed by atoms with Crippen LogP contribution in [-0.2, 0) is 20.9 Å². The molecule has 0 aromatic heterocycles. The van der Waals surface area contributed by atoms with E-state index in [0.717, 1.165) is 5.56 Å². The lowest BCUT2D eigenvalue weighted by Crippen LogP contribution is -2.48. The molecule has 1 aromatic rings. The predicted molar refractivity (Wildman–Crippen MR) is 104 cm³/mol. The molecule has 1 aliphatic rings. The van der Waals surface area contributed by atoms with Gasteiger partial charge in [-0.3, -0.25) is 4.79 Å². The summed E-state index contributed by atoms with van der Waals surface area (Å²) in [5.74, 6) is -0.224. The molecule has 8 heteroatoms. The Hall–Kier alpha value is -2.77. The highest BCUT2D eigenvalue weighted by Crippen LogP contribution is 2.18. The van der Waals surface area contributed by atoms with Crippen LogP contribution in [0.5, 0.6) is 0 Å². The highest BCUT2D eigenvalue weighted by atomic mass is 16.6. The van der Waals surface area contributed by atoms with Crippen LogP contribution < -0.4 is 10.6 Å². The number of nitrogens with zero attached hydrogens (tertiary/aromatic N) is 1. The fraction of sp³-hybridized carbons (Fsp3) is 0.550. The first-order chi connectivity index (χ1) is 13.2. The molecule has 1 heterocycles. The van der Waals surface area contributed by atoms with Gasteiger partial charge in [0.25, 0.3) is 0 Å². The summed E-state index contributed by atoms with van der Waals surface area (Å²) in [6, 6.07) is 8.91. The van der Waals surface area contributed by atoms with E-state index in [-0.39, 0.29) is 31.1 Å². The first-order valence-corrected chi connectivity index (χ1v) is 9.39. The van der Waals surface area contributed by atoms with Gasteiger partial charge in [0, 0.05) is 12.6 Å². The van der Waals surface area contributed by atoms with Crippen molar-refractivity contribution in [3.05, 3.63) is 35.9 Å². The SMILES string of the molecule is CC1C(NC(=O)OC(C)(C)C)CCN1C(=O)CNC(=O)OCc1ccccc1. The highest BCUT2D eigenvalue weighted by Gasteiger charge is 2.35. The van der Waals surface area contributed by atoms with E-state index in [1.54, 1.807) is 25.7 Å². The van der Waals surface area contributed by atoms with Gasteiger partial charge in [0.1, 0.15) is 18.8 Å². The fourth-order valence-corrected chi connectivity index (χ4v) is 2.97. The van der Waals surface area contributed by atoms with Crippen LogP contribution in [0, 0.1) is 0 Å². The molecule has 1 saturated heterocycles. The van der Waals surface area contributed by atoms with Gasteiger partial charge in [0.05, 0.1) is 6.04 Å². The molecule has 2 unspecified atom stereocenters. The van der Waals surface area contributed by atoms with E-state index in [1.165, 1.54) is 0 Å². The Morgan fingerprint density at radius 3 is 2.46 bits per heavy atom. The number of carbonyl (C=O) groups excluding carboxylic acids is 3. The Kier molecular flexibility index (Phi) is 7.25. The number of rotatable bonds is 5. The smallest absolute Gasteiger partial charge is 0.407 e. The van der Waals surface area contributed by atoms with Crippen molar-refractivity contribution >= 4 is 18.1 Å². The Morgan fingerprint density at radius 1 is 1.14 bits per heavy atom. The molecule has 0 spiro atoms. The van der Waals surface area contributed by atoms with Gasteiger partial charge in [-0.25, -0.2) is 9.59 Å². The molecule has 0 bridgehead atoms. The number of nitrogens with one attached hydrogen (secondary N) is 2. The standard InChI is InChI=1S/C20H29N3O5/c1-14-16(22-19(26)28-20(2,3)4)10-11-23(14)17(24)12-21-18(25)27-13-15-8-6-5-7-9-15/h5-9,14,16H,10-13H2,1-4H3,(H,21,25)(H,22,26). The lowest BCUT2D eigenvalue weighted by molar-refractivity contribution is -0.130. The van der Waals surface area contributed by atoms with E-state index in [4.69, 9.17) is 9.47 Å². The third kappa shape index (κ3) is 6.75. The van der Waals surface area contributed by atoms with Gasteiger partial charge in [0.15, 0.2) is 0 Å². The Balaban J connectivity index is 1.73. The van der Waals surface area contributed by atoms with Crippen molar-refractivity contribution in [1.82, 2.24) is 15.5 Å². The van der Waals surface area contributed by atoms with Crippen molar-refractivity contribution in [3.8, 4) is 0 Å². The topological polar surface area (TPSA) is 97.0 Å². The van der Waals surface area contributed by atoms with Gasteiger partial charge < -0.3 is 25.0 Å². The zero-order chi connectivity index (χ0) is 20.7. The van der Waals surface area contributed by atoms with Crippen LogP contribution >= 0.6 is 0 Å². The third-order valence-corrected chi connectivity index (χ3v) is 4.37. The van der Waals surface area contributed by atoms with Crippen LogP contribution in [0.15, 0.2) is 30.3 Å². The van der Waals surface area contributed by atoms with Crippen LogP contribution in [-0.4, -0.2) is 53.8 Å². The fourth-order valence-electron chi connectivity index (χ4n) is 2.97. The predicted octanol–water partition coefficient (Wildman–Crippen LogP) is 2.43. The molecule has 0 aliphatic carbocycles. The Morgan fingerprint density at radius 2 is 1.82 bits per heavy atom. The molecule has 8 nitrogen and oxygen atoms in total. The normalized spacial score (nSPS) is 19.1. The number of alkyl carbamates (subject to hydrolysis) is 2. The highest BCUT2D eigenvalue weighted by molar-refractivity contribution is 5.83. The minimum Gasteiger partial charge on any atom is -0.445 e. The number of ether oxygens (including phenoxy) is 2. The summed E-state index contributed by atoms with van der Waals surface area (Å²) in [5.41, 5.74) is 0.291. The summed E-state index contributed by atoms with van der Waals surface area (Å²) in [7, 11) is 0. The molecular formula is C20H29N3O5. The molecule has 1 aromatic carbocycles. The van der Waals surface area contributed by atoms with Crippen molar-refractivity contribution < 1.29 is 23.9 Å². The van der Waals surface area contributed by atoms with Crippen molar-refractivity contribution in [2.45, 2.75) is 58.4 Å². The summed E-state index contributed by atoms with van der Waals surface area (Å²) in [6.07, 6.45) is -0.515. The molecule has 2 atom stereocenters. The van der Waals surface area contributed by atoms with Gasteiger partial charge in [-0.2, -0.15) is 0 Å². The van der Waals surface area contributed by atoms with Gasteiger partial charge in [-0.1, -0.05) is 30.3 Å². The zero-order valence-corrected chi connectivity index (χ0v) is 16.9. The van der Waals surface area contributed by atoms with E-state index < -0.39 is 17.8 Å². The van der Waals surface area contributed by atoms with Crippen LogP contribution in [0.3, 0.4) is 0 Å². The van der Waals surface area contributed by atoms with Crippen molar-refractivity contribution in [2.75, 3.05) is 13.1 Å². The minimum absolute atomic E-state index is 0.142. The molecular weight excluding hydrogens is 362 g/mol. The zero-order valence-electron chi connectivity index (χ0n) is 16.9. The molecule has 1 fully saturated rings. The molecule has 28 heavy (non-hydrogen) atoms. The quantitative estimate of drug-likeness (QED) is 0.803. The van der Waals surface area contributed by atoms with Crippen molar-refractivity contribution in [2.24, 2.45) is 0 Å². The second-order valence-corrected chi connectivity index (χ2v) is 7.78. The minimum atomic E-state index is -0.646. The lowest BCUT2D eigenvalue weighted by atomic mass is 10.1. The molecule has 154 valence electrons. The van der Waals surface area contributed by atoms with Gasteiger partial charge >= 0.3 is 12.2 Å². The van der Waals surface area contributed by atoms with Crippen LogP contribution in [0.25, 0.3) is 0 Å². The second kappa shape index (κ2) is 9.43. The number of hydrogen-bond acceptors (Lipinski definition) is 5. The van der Waals surface area contributed by atoms with Gasteiger partial charge in [-0.15, -0.1) is 0 Å². The number of amides is 3. The largest absolute Gasteiger partial charge is 0.445 e. The average molecular weight is 391 g/mol. The Labute approximate surface area is 165 Å². The van der Waals surface area contributed by atoms with Crippen LogP contribution in [0.2, 0.25) is 0 Å². The number of hydrogen-bond donors (Lipinski definition) is 2. The molecule has 2 rings (SSSR count). The maximum atomic E-state index is 12.4. The van der Waals surface area contributed by atoms with E-state index in [2.05, 4.69) is 10.6 Å². The summed E-state index contributed by atoms with van der Waals surface area (Å²) in [6.45, 7) is 7.73. The van der Waals surface area contributed by atoms with Gasteiger partial charge in [0.2, 0.25) is 5.91 Å². The second-order valence-electron chi connectivity index (χ2n) is 7.78. The molecule has 0 saturated carbocycles. The van der Waals surface area contributed by atoms with E-state index in [9.17, 15) is 14.4 Å². The number of benzene rings is 1. The van der Waals surface area contributed by atoms with Crippen molar-refractivity contribution in [1.29, 1.82) is 0 Å². The summed E-state index contributed by atoms with van der Waals surface area (Å²) in [4.78, 5) is 37.8. The first kappa shape index (κ1) is 21.5. The maximum absolute atomic E-state index is 12.4. The average Bonchev–Trinajstić information content (AvgIpc) is 2.97. The third-order valence-electron chi connectivity index (χ3n) is 4.37. The van der Waals surface area contributed by atoms with Crippen molar-refractivity contribution in [3.63, 3.8) is 0 Å². The summed E-state index contributed by atoms with van der Waals surface area (Å²) < 4.78 is 10.4. The van der Waals surface area contributed by atoms with Crippen LogP contribution in [0.4, 0.5) is 9.59 Å². The summed E-state index contributed by atoms with van der Waals surface area (Å²) >= 11 is 0. The van der Waals surface area contributed by atoms with Crippen LogP contribution in [0.1, 0.15) is 39.7 Å². The maximum Gasteiger partial charge on any atom is 0.407 e. The molecule has 1 aliphatic heterocycles. The molecule has 3 amide bonds. The van der Waals surface area contributed by atoms with Gasteiger partial charge in [-0.05, 0) is 39.7 Å². The monoisotopic (exact) mass is 391 g/mol. The number of likely N-dealkylation sites (tertiary alicyclic amines) is 1. The summed E-state index contributed by atoms with van der Waals surface area (Å²) in [5, 5.41) is 5.28. The molecule has 2 N–H and O–H groups in total. The van der Waals surface area contributed by atoms with E-state index >= 15 is 0 Å². The lowest BCUT2D eigenvalue weighted by Gasteiger charge is -2.26. The van der Waals surface area contributed by atoms with E-state index in [1.807, 2.05) is 37.3 Å². The number of carbonyl (C=O) groups is 3. The Bertz CT molecular complexity index is 687. The first-order valence-electron chi connectivity index (χ1n) is 9.39. The van der Waals surface area contributed by atoms with E-state index in [0.29, 0.717) is 13.0 Å².